The van der Waals surface area contributed by atoms with Crippen molar-refractivity contribution >= 4 is 28.1 Å². The third-order valence-corrected chi connectivity index (χ3v) is 3.94. The molecule has 0 spiro atoms. The first-order chi connectivity index (χ1) is 10.9. The van der Waals surface area contributed by atoms with Gasteiger partial charge in [0.05, 0.1) is 5.69 Å². The number of piperazine rings is 1. The van der Waals surface area contributed by atoms with E-state index in [0.29, 0.717) is 13.0 Å². The highest BCUT2D eigenvalue weighted by atomic mass is 79.9. The first-order valence-corrected chi connectivity index (χ1v) is 8.72. The summed E-state index contributed by atoms with van der Waals surface area (Å²) < 4.78 is 5.73. The second-order valence-electron chi connectivity index (χ2n) is 6.39. The Morgan fingerprint density at radius 1 is 1.35 bits per heavy atom. The molecule has 0 amide bonds. The summed E-state index contributed by atoms with van der Waals surface area (Å²) in [6.07, 6.45) is 0.945. The monoisotopic (exact) mass is 385 g/mol. The number of hydrogen-bond acceptors (Lipinski definition) is 5. The lowest BCUT2D eigenvalue weighted by Gasteiger charge is -2.30. The number of nitrogens with one attached hydrogen (secondary N) is 1. The van der Waals surface area contributed by atoms with Crippen LogP contribution in [0.5, 0.6) is 0 Å². The van der Waals surface area contributed by atoms with Gasteiger partial charge < -0.3 is 20.7 Å². The van der Waals surface area contributed by atoms with E-state index in [9.17, 15) is 4.79 Å². The van der Waals surface area contributed by atoms with Gasteiger partial charge in [-0.15, -0.1) is 0 Å². The molecule has 0 radical (unpaired) electrons. The van der Waals surface area contributed by atoms with Crippen molar-refractivity contribution in [1.82, 2.24) is 5.32 Å². The van der Waals surface area contributed by atoms with Crippen LogP contribution in [0.15, 0.2) is 22.7 Å². The van der Waals surface area contributed by atoms with E-state index in [2.05, 4.69) is 49.1 Å². The molecular weight excluding hydrogens is 358 g/mol. The lowest BCUT2D eigenvalue weighted by Crippen LogP contribution is -2.43. The lowest BCUT2D eigenvalue weighted by atomic mass is 10.1. The molecule has 1 aromatic carbocycles. The van der Waals surface area contributed by atoms with Crippen LogP contribution in [0.4, 0.5) is 5.69 Å². The van der Waals surface area contributed by atoms with Gasteiger partial charge in [0, 0.05) is 30.7 Å². The van der Waals surface area contributed by atoms with Crippen LogP contribution in [0.3, 0.4) is 0 Å². The van der Waals surface area contributed by atoms with Crippen LogP contribution < -0.4 is 16.0 Å². The standard InChI is InChI=1S/C12H18BrN3.C5H10O2/c13-11-9-10(3-4-14)1-2-12(11)16-7-5-15-6-8-16;1-5(2,3)7-4-6/h1-2,9,15H,3-8,14H2;4H,1-3H3. The molecule has 23 heavy (non-hydrogen) atoms. The van der Waals surface area contributed by atoms with Gasteiger partial charge in [0.2, 0.25) is 0 Å². The number of hydrogen-bond donors (Lipinski definition) is 2. The van der Waals surface area contributed by atoms with Crippen molar-refractivity contribution in [3.05, 3.63) is 28.2 Å². The zero-order valence-electron chi connectivity index (χ0n) is 14.3. The lowest BCUT2D eigenvalue weighted by molar-refractivity contribution is -0.138. The van der Waals surface area contributed by atoms with Crippen molar-refractivity contribution in [2.24, 2.45) is 5.73 Å². The number of benzene rings is 1. The molecule has 6 heteroatoms. The van der Waals surface area contributed by atoms with Gasteiger partial charge >= 0.3 is 0 Å². The Balaban J connectivity index is 0.000000322. The molecule has 0 aliphatic carbocycles. The summed E-state index contributed by atoms with van der Waals surface area (Å²) in [5, 5.41) is 3.36. The Morgan fingerprint density at radius 3 is 2.43 bits per heavy atom. The molecular formula is C17H28BrN3O2. The molecule has 0 aromatic heterocycles. The number of rotatable bonds is 4. The van der Waals surface area contributed by atoms with Gasteiger partial charge in [0.25, 0.3) is 6.47 Å². The number of anilines is 1. The first kappa shape index (κ1) is 19.9. The third-order valence-electron chi connectivity index (χ3n) is 3.30. The van der Waals surface area contributed by atoms with Crippen molar-refractivity contribution in [2.45, 2.75) is 32.8 Å². The van der Waals surface area contributed by atoms with Gasteiger partial charge in [-0.3, -0.25) is 4.79 Å². The summed E-state index contributed by atoms with van der Waals surface area (Å²) in [7, 11) is 0. The van der Waals surface area contributed by atoms with Crippen molar-refractivity contribution < 1.29 is 9.53 Å². The maximum atomic E-state index is 9.60. The zero-order chi connectivity index (χ0) is 17.3. The molecule has 1 aliphatic rings. The highest BCUT2D eigenvalue weighted by molar-refractivity contribution is 9.10. The minimum absolute atomic E-state index is 0.318. The summed E-state index contributed by atoms with van der Waals surface area (Å²) in [6.45, 7) is 10.9. The average Bonchev–Trinajstić information content (AvgIpc) is 2.48. The molecule has 1 heterocycles. The third kappa shape index (κ3) is 7.81. The SMILES string of the molecule is CC(C)(C)OC=O.NCCc1ccc(N2CCNCC2)c(Br)c1. The van der Waals surface area contributed by atoms with Crippen LogP contribution in [0, 0.1) is 0 Å². The van der Waals surface area contributed by atoms with E-state index in [0.717, 1.165) is 32.6 Å². The van der Waals surface area contributed by atoms with Gasteiger partial charge in [0.15, 0.2) is 0 Å². The highest BCUT2D eigenvalue weighted by Crippen LogP contribution is 2.27. The van der Waals surface area contributed by atoms with Crippen LogP contribution in [-0.4, -0.2) is 44.8 Å². The molecule has 0 unspecified atom stereocenters. The summed E-state index contributed by atoms with van der Waals surface area (Å²) >= 11 is 3.65. The fourth-order valence-electron chi connectivity index (χ4n) is 2.18. The Labute approximate surface area is 147 Å². The van der Waals surface area contributed by atoms with Gasteiger partial charge in [-0.25, -0.2) is 0 Å². The average molecular weight is 386 g/mol. The molecule has 130 valence electrons. The number of carbonyl (C=O) groups is 1. The Hall–Kier alpha value is -1.11. The summed E-state index contributed by atoms with van der Waals surface area (Å²) in [5.41, 5.74) is 7.83. The Morgan fingerprint density at radius 2 is 2.00 bits per heavy atom. The molecule has 1 fully saturated rings. The van der Waals surface area contributed by atoms with Gasteiger partial charge in [-0.1, -0.05) is 6.07 Å². The van der Waals surface area contributed by atoms with Crippen molar-refractivity contribution in [3.8, 4) is 0 Å². The molecule has 2 rings (SSSR count). The van der Waals surface area contributed by atoms with Gasteiger partial charge in [0.1, 0.15) is 5.60 Å². The summed E-state index contributed by atoms with van der Waals surface area (Å²) in [4.78, 5) is 12.0. The molecule has 3 N–H and O–H groups in total. The molecule has 1 aliphatic heterocycles. The van der Waals surface area contributed by atoms with E-state index in [1.54, 1.807) is 0 Å². The molecule has 1 saturated heterocycles. The number of nitrogens with zero attached hydrogens (tertiary/aromatic N) is 1. The van der Waals surface area contributed by atoms with Crippen LogP contribution in [-0.2, 0) is 16.0 Å². The van der Waals surface area contributed by atoms with Crippen LogP contribution >= 0.6 is 15.9 Å². The van der Waals surface area contributed by atoms with Crippen LogP contribution in [0.2, 0.25) is 0 Å². The molecule has 0 saturated carbocycles. The fraction of sp³-hybridized carbons (Fsp3) is 0.588. The molecule has 1 aromatic rings. The molecule has 5 nitrogen and oxygen atoms in total. The summed E-state index contributed by atoms with van der Waals surface area (Å²) in [5.74, 6) is 0. The minimum atomic E-state index is -0.318. The number of halogens is 1. The Bertz CT molecular complexity index is 483. The zero-order valence-corrected chi connectivity index (χ0v) is 15.9. The van der Waals surface area contributed by atoms with Crippen molar-refractivity contribution in [2.75, 3.05) is 37.6 Å². The van der Waals surface area contributed by atoms with E-state index in [4.69, 9.17) is 5.73 Å². The normalized spacial score (nSPS) is 14.7. The predicted molar refractivity (Wildman–Crippen MR) is 98.9 cm³/mol. The van der Waals surface area contributed by atoms with Gasteiger partial charge in [-0.05, 0) is 67.4 Å². The van der Waals surface area contributed by atoms with Crippen molar-refractivity contribution in [1.29, 1.82) is 0 Å². The van der Waals surface area contributed by atoms with E-state index in [-0.39, 0.29) is 5.60 Å². The number of nitrogens with two attached hydrogens (primary N) is 1. The molecule has 0 bridgehead atoms. The van der Waals surface area contributed by atoms with Crippen molar-refractivity contribution in [3.63, 3.8) is 0 Å². The van der Waals surface area contributed by atoms with E-state index in [1.165, 1.54) is 15.7 Å². The predicted octanol–water partition coefficient (Wildman–Crippen LogP) is 2.32. The first-order valence-electron chi connectivity index (χ1n) is 7.93. The van der Waals surface area contributed by atoms with Crippen LogP contribution in [0.25, 0.3) is 0 Å². The highest BCUT2D eigenvalue weighted by Gasteiger charge is 2.13. The van der Waals surface area contributed by atoms with E-state index >= 15 is 0 Å². The van der Waals surface area contributed by atoms with Gasteiger partial charge in [-0.2, -0.15) is 0 Å². The topological polar surface area (TPSA) is 67.6 Å². The van der Waals surface area contributed by atoms with E-state index < -0.39 is 0 Å². The second-order valence-corrected chi connectivity index (χ2v) is 7.24. The quantitative estimate of drug-likeness (QED) is 0.778. The fourth-order valence-corrected chi connectivity index (χ4v) is 2.86. The van der Waals surface area contributed by atoms with Crippen LogP contribution in [0.1, 0.15) is 26.3 Å². The maximum absolute atomic E-state index is 9.60. The molecule has 0 atom stereocenters. The second kappa shape index (κ2) is 9.90. The number of ether oxygens (including phenoxy) is 1. The summed E-state index contributed by atoms with van der Waals surface area (Å²) in [6, 6.07) is 6.56. The maximum Gasteiger partial charge on any atom is 0.293 e. The van der Waals surface area contributed by atoms with E-state index in [1.807, 2.05) is 20.8 Å². The smallest absolute Gasteiger partial charge is 0.293 e. The minimum Gasteiger partial charge on any atom is -0.462 e. The largest absolute Gasteiger partial charge is 0.462 e. The Kier molecular flexibility index (Phi) is 8.58. The number of carbonyl (C=O) groups excluding carboxylic acids is 1.